The molecule has 0 unspecified atom stereocenters. The van der Waals surface area contributed by atoms with E-state index >= 15 is 0 Å². The van der Waals surface area contributed by atoms with E-state index in [-0.39, 0.29) is 0 Å². The van der Waals surface area contributed by atoms with Gasteiger partial charge in [-0.25, -0.2) is 4.98 Å². The number of aromatic nitrogens is 2. The van der Waals surface area contributed by atoms with E-state index in [4.69, 9.17) is 4.98 Å². The Kier molecular flexibility index (Phi) is 4.48. The van der Waals surface area contributed by atoms with Gasteiger partial charge in [0.05, 0.1) is 17.6 Å². The first-order valence-corrected chi connectivity index (χ1v) is 9.08. The van der Waals surface area contributed by atoms with Crippen LogP contribution >= 0.6 is 11.8 Å². The third kappa shape index (κ3) is 2.90. The Bertz CT molecular complexity index is 656. The molecule has 2 aromatic rings. The number of H-pyrrole nitrogens is 1. The summed E-state index contributed by atoms with van der Waals surface area (Å²) in [5.41, 5.74) is 5.11. The maximum absolute atomic E-state index is 4.77. The lowest BCUT2D eigenvalue weighted by atomic mass is 9.97. The first-order valence-electron chi connectivity index (χ1n) is 7.92. The van der Waals surface area contributed by atoms with Gasteiger partial charge in [0.2, 0.25) is 0 Å². The normalized spacial score (nSPS) is 22.0. The van der Waals surface area contributed by atoms with Gasteiger partial charge in [0.1, 0.15) is 5.82 Å². The van der Waals surface area contributed by atoms with E-state index in [1.165, 1.54) is 29.1 Å². The van der Waals surface area contributed by atoms with Crippen LogP contribution in [-0.4, -0.2) is 52.6 Å². The molecule has 0 saturated carbocycles. The van der Waals surface area contributed by atoms with Gasteiger partial charge in [-0.05, 0) is 57.3 Å². The van der Waals surface area contributed by atoms with Gasteiger partial charge in [-0.1, -0.05) is 6.07 Å². The second kappa shape index (κ2) is 6.22. The average Bonchev–Trinajstić information content (AvgIpc) is 3.11. The highest BCUT2D eigenvalue weighted by Crippen LogP contribution is 2.31. The van der Waals surface area contributed by atoms with E-state index in [1.54, 1.807) is 0 Å². The Hall–Kier alpha value is -1.04. The van der Waals surface area contributed by atoms with Crippen LogP contribution in [0.25, 0.3) is 11.0 Å². The van der Waals surface area contributed by atoms with E-state index in [1.807, 2.05) is 0 Å². The highest BCUT2D eigenvalue weighted by molar-refractivity contribution is 7.99. The number of thioether (sulfide) groups is 1. The molecule has 1 aromatic carbocycles. The summed E-state index contributed by atoms with van der Waals surface area (Å²) in [7, 11) is 4.39. The number of benzene rings is 1. The van der Waals surface area contributed by atoms with Gasteiger partial charge in [0, 0.05) is 17.8 Å². The van der Waals surface area contributed by atoms with Crippen LogP contribution < -0.4 is 5.32 Å². The Labute approximate surface area is 137 Å². The smallest absolute Gasteiger partial charge is 0.121 e. The number of aryl methyl sites for hydroxylation is 2. The molecule has 5 heteroatoms. The van der Waals surface area contributed by atoms with Crippen LogP contribution in [0, 0.1) is 13.8 Å². The lowest BCUT2D eigenvalue weighted by molar-refractivity contribution is 0.175. The van der Waals surface area contributed by atoms with E-state index in [9.17, 15) is 0 Å². The van der Waals surface area contributed by atoms with Crippen LogP contribution in [0.4, 0.5) is 0 Å². The van der Waals surface area contributed by atoms with E-state index in [0.717, 1.165) is 29.9 Å². The average molecular weight is 318 g/mol. The van der Waals surface area contributed by atoms with E-state index in [2.05, 4.69) is 67.0 Å². The van der Waals surface area contributed by atoms with Crippen molar-refractivity contribution in [2.45, 2.75) is 32.4 Å². The second-order valence-electron chi connectivity index (χ2n) is 6.61. The van der Waals surface area contributed by atoms with Crippen LogP contribution in [-0.2, 0) is 6.54 Å². The second-order valence-corrected chi connectivity index (χ2v) is 7.72. The predicted octanol–water partition coefficient (Wildman–Crippen LogP) is 2.71. The molecule has 1 saturated heterocycles. The molecule has 1 aliphatic rings. The largest absolute Gasteiger partial charge is 0.341 e. The van der Waals surface area contributed by atoms with Gasteiger partial charge in [-0.3, -0.25) is 0 Å². The van der Waals surface area contributed by atoms with Crippen molar-refractivity contribution in [2.75, 3.05) is 32.1 Å². The number of rotatable bonds is 5. The van der Waals surface area contributed by atoms with Crippen molar-refractivity contribution in [1.82, 2.24) is 20.2 Å². The Morgan fingerprint density at radius 3 is 2.86 bits per heavy atom. The van der Waals surface area contributed by atoms with Crippen molar-refractivity contribution in [2.24, 2.45) is 0 Å². The van der Waals surface area contributed by atoms with Crippen molar-refractivity contribution >= 4 is 22.8 Å². The minimum Gasteiger partial charge on any atom is -0.341 e. The molecule has 2 N–H and O–H groups in total. The number of nitrogens with zero attached hydrogens (tertiary/aromatic N) is 2. The Balaban J connectivity index is 1.68. The van der Waals surface area contributed by atoms with Crippen LogP contribution in [0.5, 0.6) is 0 Å². The summed E-state index contributed by atoms with van der Waals surface area (Å²) in [6.07, 6.45) is 1.26. The molecule has 2 heterocycles. The molecule has 120 valence electrons. The molecule has 3 rings (SSSR count). The summed E-state index contributed by atoms with van der Waals surface area (Å²) < 4.78 is 0. The SMILES string of the molecule is Cc1ccc2[nH]c(CNC[C@]3(N(C)C)CCSC3)nc2c1C. The number of hydrogen-bond donors (Lipinski definition) is 2. The molecule has 1 atom stereocenters. The monoisotopic (exact) mass is 318 g/mol. The number of nitrogens with one attached hydrogen (secondary N) is 2. The third-order valence-electron chi connectivity index (χ3n) is 5.01. The highest BCUT2D eigenvalue weighted by atomic mass is 32.2. The van der Waals surface area contributed by atoms with Crippen molar-refractivity contribution in [3.8, 4) is 0 Å². The lowest BCUT2D eigenvalue weighted by Gasteiger charge is -2.35. The molecule has 22 heavy (non-hydrogen) atoms. The summed E-state index contributed by atoms with van der Waals surface area (Å²) >= 11 is 2.06. The quantitative estimate of drug-likeness (QED) is 0.890. The fourth-order valence-electron chi connectivity index (χ4n) is 3.11. The summed E-state index contributed by atoms with van der Waals surface area (Å²) in [4.78, 5) is 10.6. The summed E-state index contributed by atoms with van der Waals surface area (Å²) in [5.74, 6) is 3.51. The zero-order chi connectivity index (χ0) is 15.7. The zero-order valence-corrected chi connectivity index (χ0v) is 14.8. The first-order chi connectivity index (χ1) is 10.5. The van der Waals surface area contributed by atoms with Crippen molar-refractivity contribution in [1.29, 1.82) is 0 Å². The number of hydrogen-bond acceptors (Lipinski definition) is 4. The van der Waals surface area contributed by atoms with E-state index in [0.29, 0.717) is 5.54 Å². The third-order valence-corrected chi connectivity index (χ3v) is 6.24. The maximum Gasteiger partial charge on any atom is 0.121 e. The topological polar surface area (TPSA) is 44.0 Å². The zero-order valence-electron chi connectivity index (χ0n) is 14.0. The number of aromatic amines is 1. The fourth-order valence-corrected chi connectivity index (χ4v) is 4.66. The predicted molar refractivity (Wildman–Crippen MR) is 95.6 cm³/mol. The molecule has 0 aliphatic carbocycles. The molecule has 4 nitrogen and oxygen atoms in total. The highest BCUT2D eigenvalue weighted by Gasteiger charge is 2.36. The fraction of sp³-hybridized carbons (Fsp3) is 0.588. The van der Waals surface area contributed by atoms with Gasteiger partial charge >= 0.3 is 0 Å². The van der Waals surface area contributed by atoms with Crippen LogP contribution in [0.1, 0.15) is 23.4 Å². The first kappa shape index (κ1) is 15.8. The number of fused-ring (bicyclic) bond motifs is 1. The number of likely N-dealkylation sites (N-methyl/N-ethyl adjacent to an activating group) is 1. The minimum absolute atomic E-state index is 0.295. The van der Waals surface area contributed by atoms with Crippen LogP contribution in [0.15, 0.2) is 12.1 Å². The molecule has 1 fully saturated rings. The Morgan fingerprint density at radius 1 is 1.36 bits per heavy atom. The molecule has 0 bridgehead atoms. The minimum atomic E-state index is 0.295. The standard InChI is InChI=1S/C17H26N4S/c1-12-5-6-14-16(13(12)2)20-15(19-14)9-18-10-17(21(3)4)7-8-22-11-17/h5-6,18H,7-11H2,1-4H3,(H,19,20)/t17-/m1/s1. The Morgan fingerprint density at radius 2 is 2.18 bits per heavy atom. The van der Waals surface area contributed by atoms with Crippen molar-refractivity contribution in [3.05, 3.63) is 29.1 Å². The molecular weight excluding hydrogens is 292 g/mol. The summed E-state index contributed by atoms with van der Waals surface area (Å²) in [6, 6.07) is 4.28. The maximum atomic E-state index is 4.77. The number of imidazole rings is 1. The van der Waals surface area contributed by atoms with Gasteiger partial charge < -0.3 is 15.2 Å². The van der Waals surface area contributed by atoms with Gasteiger partial charge in [-0.2, -0.15) is 11.8 Å². The summed E-state index contributed by atoms with van der Waals surface area (Å²) in [5, 5.41) is 3.61. The van der Waals surface area contributed by atoms with Crippen LogP contribution in [0.2, 0.25) is 0 Å². The lowest BCUT2D eigenvalue weighted by Crippen LogP contribution is -2.51. The van der Waals surface area contributed by atoms with E-state index < -0.39 is 0 Å². The van der Waals surface area contributed by atoms with Crippen LogP contribution in [0.3, 0.4) is 0 Å². The van der Waals surface area contributed by atoms with Gasteiger partial charge in [0.25, 0.3) is 0 Å². The van der Waals surface area contributed by atoms with Gasteiger partial charge in [-0.15, -0.1) is 0 Å². The molecule has 0 radical (unpaired) electrons. The van der Waals surface area contributed by atoms with Crippen molar-refractivity contribution in [3.63, 3.8) is 0 Å². The molecule has 1 aromatic heterocycles. The van der Waals surface area contributed by atoms with Gasteiger partial charge in [0.15, 0.2) is 0 Å². The molecule has 1 aliphatic heterocycles. The van der Waals surface area contributed by atoms with Crippen molar-refractivity contribution < 1.29 is 0 Å². The summed E-state index contributed by atoms with van der Waals surface area (Å²) in [6.45, 7) is 6.10. The molecule has 0 spiro atoms. The molecule has 0 amide bonds. The molecular formula is C17H26N4S.